The first-order valence-electron chi connectivity index (χ1n) is 7.72. The maximum Gasteiger partial charge on any atom is 0.270 e. The molecule has 0 radical (unpaired) electrons. The van der Waals surface area contributed by atoms with Crippen LogP contribution in [0.15, 0.2) is 18.2 Å². The molecule has 0 atom stereocenters. The lowest BCUT2D eigenvalue weighted by Gasteiger charge is -2.34. The molecule has 0 unspecified atom stereocenters. The Hall–Kier alpha value is -2.50. The van der Waals surface area contributed by atoms with E-state index in [0.717, 1.165) is 22.2 Å². The Kier molecular flexibility index (Phi) is 3.98. The van der Waals surface area contributed by atoms with E-state index in [4.69, 9.17) is 4.74 Å². The molecule has 122 valence electrons. The number of nitrogens with one attached hydrogen (secondary N) is 1. The number of aromatic amines is 1. The van der Waals surface area contributed by atoms with Crippen LogP contribution in [0.2, 0.25) is 0 Å². The van der Waals surface area contributed by atoms with E-state index in [0.29, 0.717) is 31.9 Å². The third-order valence-electron chi connectivity index (χ3n) is 4.49. The van der Waals surface area contributed by atoms with Crippen LogP contribution in [0.4, 0.5) is 0 Å². The van der Waals surface area contributed by atoms with Crippen LogP contribution in [0.5, 0.6) is 5.75 Å². The molecular formula is C17H21N3O3. The molecule has 2 aromatic rings. The summed E-state index contributed by atoms with van der Waals surface area (Å²) < 4.78 is 5.23. The number of amides is 2. The van der Waals surface area contributed by atoms with Gasteiger partial charge in [-0.2, -0.15) is 0 Å². The van der Waals surface area contributed by atoms with Gasteiger partial charge in [0.15, 0.2) is 0 Å². The molecule has 0 spiro atoms. The van der Waals surface area contributed by atoms with Crippen LogP contribution in [0.3, 0.4) is 0 Å². The maximum atomic E-state index is 12.8. The molecule has 6 heteroatoms. The molecule has 1 aliphatic heterocycles. The van der Waals surface area contributed by atoms with Gasteiger partial charge in [0, 0.05) is 50.1 Å². The Labute approximate surface area is 135 Å². The first kappa shape index (κ1) is 15.4. The number of ether oxygens (including phenoxy) is 1. The molecule has 1 aromatic heterocycles. The van der Waals surface area contributed by atoms with Crippen LogP contribution in [-0.2, 0) is 4.79 Å². The van der Waals surface area contributed by atoms with Crippen molar-refractivity contribution in [1.82, 2.24) is 14.8 Å². The quantitative estimate of drug-likeness (QED) is 0.919. The molecule has 0 saturated carbocycles. The number of hydrogen-bond acceptors (Lipinski definition) is 3. The van der Waals surface area contributed by atoms with Gasteiger partial charge < -0.3 is 19.5 Å². The normalized spacial score (nSPS) is 15.1. The minimum Gasteiger partial charge on any atom is -0.497 e. The number of carbonyl (C=O) groups excluding carboxylic acids is 2. The third kappa shape index (κ3) is 2.76. The number of aryl methyl sites for hydroxylation is 1. The summed E-state index contributed by atoms with van der Waals surface area (Å²) in [6, 6.07) is 5.75. The van der Waals surface area contributed by atoms with Gasteiger partial charge in [-0.3, -0.25) is 9.59 Å². The lowest BCUT2D eigenvalue weighted by molar-refractivity contribution is -0.130. The summed E-state index contributed by atoms with van der Waals surface area (Å²) in [6.07, 6.45) is 0. The first-order chi connectivity index (χ1) is 11.0. The van der Waals surface area contributed by atoms with E-state index in [2.05, 4.69) is 4.98 Å². The zero-order valence-corrected chi connectivity index (χ0v) is 13.7. The number of carbonyl (C=O) groups is 2. The highest BCUT2D eigenvalue weighted by Crippen LogP contribution is 2.26. The van der Waals surface area contributed by atoms with Crippen LogP contribution < -0.4 is 4.74 Å². The van der Waals surface area contributed by atoms with E-state index in [1.165, 1.54) is 0 Å². The van der Waals surface area contributed by atoms with Gasteiger partial charge in [-0.15, -0.1) is 0 Å². The highest BCUT2D eigenvalue weighted by molar-refractivity contribution is 6.01. The molecule has 1 N–H and O–H groups in total. The largest absolute Gasteiger partial charge is 0.497 e. The lowest BCUT2D eigenvalue weighted by atomic mass is 10.1. The number of nitrogens with zero attached hydrogens (tertiary/aromatic N) is 2. The average Bonchev–Trinajstić information content (AvgIpc) is 2.90. The Morgan fingerprint density at radius 3 is 2.39 bits per heavy atom. The molecule has 2 heterocycles. The highest BCUT2D eigenvalue weighted by Gasteiger charge is 2.25. The Balaban J connectivity index is 1.84. The summed E-state index contributed by atoms with van der Waals surface area (Å²) >= 11 is 0. The van der Waals surface area contributed by atoms with Crippen LogP contribution in [-0.4, -0.2) is 59.9 Å². The molecule has 0 aliphatic carbocycles. The molecule has 2 amide bonds. The molecule has 3 rings (SSSR count). The van der Waals surface area contributed by atoms with Crippen molar-refractivity contribution in [1.29, 1.82) is 0 Å². The molecule has 1 saturated heterocycles. The van der Waals surface area contributed by atoms with Gasteiger partial charge in [0.25, 0.3) is 5.91 Å². The smallest absolute Gasteiger partial charge is 0.270 e. The van der Waals surface area contributed by atoms with Gasteiger partial charge in [-0.1, -0.05) is 0 Å². The number of benzene rings is 1. The fraction of sp³-hybridized carbons (Fsp3) is 0.412. The van der Waals surface area contributed by atoms with Gasteiger partial charge >= 0.3 is 0 Å². The fourth-order valence-electron chi connectivity index (χ4n) is 3.04. The van der Waals surface area contributed by atoms with Crippen LogP contribution in [0.1, 0.15) is 23.0 Å². The van der Waals surface area contributed by atoms with Gasteiger partial charge in [-0.05, 0) is 24.6 Å². The number of piperazine rings is 1. The topological polar surface area (TPSA) is 65.6 Å². The highest BCUT2D eigenvalue weighted by atomic mass is 16.5. The molecule has 1 aromatic carbocycles. The van der Waals surface area contributed by atoms with E-state index < -0.39 is 0 Å². The van der Waals surface area contributed by atoms with E-state index in [-0.39, 0.29) is 11.8 Å². The lowest BCUT2D eigenvalue weighted by Crippen LogP contribution is -2.50. The van der Waals surface area contributed by atoms with Crippen molar-refractivity contribution in [2.24, 2.45) is 0 Å². The van der Waals surface area contributed by atoms with E-state index in [1.54, 1.807) is 23.8 Å². The molecule has 1 fully saturated rings. The minimum atomic E-state index is -0.0131. The second-order valence-corrected chi connectivity index (χ2v) is 5.83. The van der Waals surface area contributed by atoms with Gasteiger partial charge in [0.05, 0.1) is 7.11 Å². The molecule has 6 nitrogen and oxygen atoms in total. The second-order valence-electron chi connectivity index (χ2n) is 5.83. The van der Waals surface area contributed by atoms with Crippen molar-refractivity contribution in [3.05, 3.63) is 29.5 Å². The fourth-order valence-corrected chi connectivity index (χ4v) is 3.04. The summed E-state index contributed by atoms with van der Waals surface area (Å²) in [5.74, 6) is 0.805. The standard InChI is InChI=1S/C17H21N3O3/c1-11-14-5-4-13(23-3)10-15(14)18-16(11)17(22)20-8-6-19(7-9-20)12(2)21/h4-5,10,18H,6-9H2,1-3H3. The van der Waals surface area contributed by atoms with Crippen molar-refractivity contribution in [2.45, 2.75) is 13.8 Å². The molecule has 1 aliphatic rings. The molecule has 0 bridgehead atoms. The predicted octanol–water partition coefficient (Wildman–Crippen LogP) is 1.79. The average molecular weight is 315 g/mol. The van der Waals surface area contributed by atoms with Crippen LogP contribution >= 0.6 is 0 Å². The number of rotatable bonds is 2. The zero-order valence-electron chi connectivity index (χ0n) is 13.7. The van der Waals surface area contributed by atoms with Crippen molar-refractivity contribution in [2.75, 3.05) is 33.3 Å². The van der Waals surface area contributed by atoms with Gasteiger partial charge in [0.2, 0.25) is 5.91 Å². The van der Waals surface area contributed by atoms with Gasteiger partial charge in [-0.25, -0.2) is 0 Å². The van der Waals surface area contributed by atoms with Crippen molar-refractivity contribution in [3.63, 3.8) is 0 Å². The summed E-state index contributed by atoms with van der Waals surface area (Å²) in [4.78, 5) is 31.0. The monoisotopic (exact) mass is 315 g/mol. The third-order valence-corrected chi connectivity index (χ3v) is 4.49. The Morgan fingerprint density at radius 2 is 1.78 bits per heavy atom. The maximum absolute atomic E-state index is 12.8. The molecular weight excluding hydrogens is 294 g/mol. The van der Waals surface area contributed by atoms with Crippen LogP contribution in [0, 0.1) is 6.92 Å². The van der Waals surface area contributed by atoms with Crippen molar-refractivity contribution >= 4 is 22.7 Å². The van der Waals surface area contributed by atoms with E-state index in [1.807, 2.05) is 25.1 Å². The number of methoxy groups -OCH3 is 1. The molecule has 23 heavy (non-hydrogen) atoms. The van der Waals surface area contributed by atoms with Crippen molar-refractivity contribution < 1.29 is 14.3 Å². The summed E-state index contributed by atoms with van der Waals surface area (Å²) in [6.45, 7) is 5.83. The number of aromatic nitrogens is 1. The first-order valence-corrected chi connectivity index (χ1v) is 7.72. The number of hydrogen-bond donors (Lipinski definition) is 1. The summed E-state index contributed by atoms with van der Waals surface area (Å²) in [7, 11) is 1.62. The van der Waals surface area contributed by atoms with E-state index >= 15 is 0 Å². The number of fused-ring (bicyclic) bond motifs is 1. The Bertz CT molecular complexity index is 758. The summed E-state index contributed by atoms with van der Waals surface area (Å²) in [5.41, 5.74) is 2.46. The minimum absolute atomic E-state index is 0.0131. The zero-order chi connectivity index (χ0) is 16.6. The second kappa shape index (κ2) is 5.95. The van der Waals surface area contributed by atoms with Gasteiger partial charge in [0.1, 0.15) is 11.4 Å². The number of H-pyrrole nitrogens is 1. The SMILES string of the molecule is COc1ccc2c(C)c(C(=O)N3CCN(C(C)=O)CC3)[nH]c2c1. The Morgan fingerprint density at radius 1 is 1.13 bits per heavy atom. The van der Waals surface area contributed by atoms with Crippen LogP contribution in [0.25, 0.3) is 10.9 Å². The van der Waals surface area contributed by atoms with Crippen molar-refractivity contribution in [3.8, 4) is 5.75 Å². The van der Waals surface area contributed by atoms with E-state index in [9.17, 15) is 9.59 Å². The predicted molar refractivity (Wildman–Crippen MR) is 87.7 cm³/mol. The summed E-state index contributed by atoms with van der Waals surface area (Å²) in [5, 5.41) is 1.02.